The van der Waals surface area contributed by atoms with Crippen LogP contribution in [0.4, 0.5) is 17.7 Å². The average molecular weight is 289 g/mol. The summed E-state index contributed by atoms with van der Waals surface area (Å²) in [7, 11) is 3.43. The fraction of sp³-hybridized carbons (Fsp3) is 0.462. The number of methoxy groups -OCH3 is 1. The predicted octanol–water partition coefficient (Wildman–Crippen LogP) is 0.127. The van der Waals surface area contributed by atoms with Gasteiger partial charge in [0.2, 0.25) is 11.9 Å². The molecule has 0 atom stereocenters. The summed E-state index contributed by atoms with van der Waals surface area (Å²) in [5, 5.41) is 4.31. The maximum Gasteiger partial charge on any atom is 0.246 e. The third-order valence-corrected chi connectivity index (χ3v) is 3.63. The van der Waals surface area contributed by atoms with Gasteiger partial charge in [-0.1, -0.05) is 0 Å². The molecule has 1 saturated heterocycles. The Morgan fingerprint density at radius 3 is 2.38 bits per heavy atom. The van der Waals surface area contributed by atoms with E-state index in [1.807, 2.05) is 12.1 Å². The van der Waals surface area contributed by atoms with Crippen LogP contribution in [-0.4, -0.2) is 53.0 Å². The number of rotatable bonds is 3. The van der Waals surface area contributed by atoms with Crippen molar-refractivity contribution < 1.29 is 4.74 Å². The first kappa shape index (κ1) is 13.5. The third kappa shape index (κ3) is 2.69. The monoisotopic (exact) mass is 289 g/mol. The lowest BCUT2D eigenvalue weighted by atomic mass is 10.3. The van der Waals surface area contributed by atoms with E-state index in [2.05, 4.69) is 24.9 Å². The van der Waals surface area contributed by atoms with E-state index in [9.17, 15) is 0 Å². The number of hydrogen-bond acceptors (Lipinski definition) is 7. The fourth-order valence-corrected chi connectivity index (χ4v) is 2.33. The van der Waals surface area contributed by atoms with E-state index in [1.165, 1.54) is 0 Å². The molecule has 0 bridgehead atoms. The van der Waals surface area contributed by atoms with Crippen molar-refractivity contribution in [3.05, 3.63) is 18.3 Å². The van der Waals surface area contributed by atoms with Gasteiger partial charge in [-0.3, -0.25) is 0 Å². The molecule has 0 radical (unpaired) electrons. The lowest BCUT2D eigenvalue weighted by Gasteiger charge is -2.34. The van der Waals surface area contributed by atoms with Crippen LogP contribution < -0.4 is 20.3 Å². The summed E-state index contributed by atoms with van der Waals surface area (Å²) in [6.45, 7) is 3.43. The second-order valence-corrected chi connectivity index (χ2v) is 4.92. The first-order valence-corrected chi connectivity index (χ1v) is 6.84. The van der Waals surface area contributed by atoms with E-state index in [1.54, 1.807) is 25.0 Å². The molecule has 3 rings (SSSR count). The minimum atomic E-state index is 0.434. The van der Waals surface area contributed by atoms with Crippen LogP contribution in [0.2, 0.25) is 0 Å². The van der Waals surface area contributed by atoms with E-state index in [0.29, 0.717) is 11.9 Å². The predicted molar refractivity (Wildman–Crippen MR) is 80.6 cm³/mol. The molecule has 8 nitrogen and oxygen atoms in total. The Hall–Kier alpha value is -2.51. The molecular weight excluding hydrogens is 270 g/mol. The lowest BCUT2D eigenvalue weighted by molar-refractivity contribution is 0.413. The van der Waals surface area contributed by atoms with Crippen LogP contribution in [0.1, 0.15) is 0 Å². The zero-order valence-electron chi connectivity index (χ0n) is 12.2. The van der Waals surface area contributed by atoms with Gasteiger partial charge in [-0.2, -0.15) is 4.98 Å². The van der Waals surface area contributed by atoms with E-state index in [0.717, 1.165) is 37.7 Å². The fourth-order valence-electron chi connectivity index (χ4n) is 2.33. The van der Waals surface area contributed by atoms with Gasteiger partial charge >= 0.3 is 0 Å². The summed E-state index contributed by atoms with van der Waals surface area (Å²) in [4.78, 5) is 13.0. The highest BCUT2D eigenvalue weighted by atomic mass is 16.5. The van der Waals surface area contributed by atoms with Crippen molar-refractivity contribution in [3.63, 3.8) is 0 Å². The molecule has 0 amide bonds. The highest BCUT2D eigenvalue weighted by Gasteiger charge is 2.21. The Balaban J connectivity index is 1.64. The molecule has 2 N–H and O–H groups in total. The van der Waals surface area contributed by atoms with Crippen LogP contribution in [-0.2, 0) is 7.05 Å². The molecule has 112 valence electrons. The van der Waals surface area contributed by atoms with Crippen LogP contribution in [0.25, 0.3) is 0 Å². The van der Waals surface area contributed by atoms with Crippen LogP contribution >= 0.6 is 0 Å². The molecule has 3 heterocycles. The van der Waals surface area contributed by atoms with Crippen molar-refractivity contribution in [1.29, 1.82) is 0 Å². The van der Waals surface area contributed by atoms with Crippen molar-refractivity contribution >= 4 is 17.7 Å². The maximum atomic E-state index is 5.72. The number of aryl methyl sites for hydroxylation is 1. The summed E-state index contributed by atoms with van der Waals surface area (Å²) in [6, 6.07) is 3.90. The Labute approximate surface area is 123 Å². The second-order valence-electron chi connectivity index (χ2n) is 4.92. The number of piperazine rings is 1. The molecule has 1 aliphatic rings. The van der Waals surface area contributed by atoms with Gasteiger partial charge in [0.15, 0.2) is 0 Å². The Morgan fingerprint density at radius 2 is 1.86 bits per heavy atom. The standard InChI is InChI=1S/C13H19N7O/c1-18-12(14)16-13(17-18)20-7-5-19(6-8-20)11-4-3-10(21-2)9-15-11/h3-4,9H,5-8H2,1-2H3,(H2,14,16,17). The highest BCUT2D eigenvalue weighted by Crippen LogP contribution is 2.19. The summed E-state index contributed by atoms with van der Waals surface area (Å²) >= 11 is 0. The minimum Gasteiger partial charge on any atom is -0.495 e. The molecule has 8 heteroatoms. The molecule has 2 aromatic rings. The van der Waals surface area contributed by atoms with Crippen molar-refractivity contribution in [2.45, 2.75) is 0 Å². The van der Waals surface area contributed by atoms with Crippen LogP contribution in [0.5, 0.6) is 5.75 Å². The molecule has 21 heavy (non-hydrogen) atoms. The zero-order valence-corrected chi connectivity index (χ0v) is 12.2. The van der Waals surface area contributed by atoms with Gasteiger partial charge < -0.3 is 20.3 Å². The van der Waals surface area contributed by atoms with E-state index in [-0.39, 0.29) is 0 Å². The summed E-state index contributed by atoms with van der Waals surface area (Å²) in [5.74, 6) is 2.86. The van der Waals surface area contributed by atoms with Crippen molar-refractivity contribution in [3.8, 4) is 5.75 Å². The largest absolute Gasteiger partial charge is 0.495 e. The van der Waals surface area contributed by atoms with E-state index >= 15 is 0 Å². The molecule has 2 aromatic heterocycles. The van der Waals surface area contributed by atoms with Crippen molar-refractivity contribution in [1.82, 2.24) is 19.7 Å². The SMILES string of the molecule is COc1ccc(N2CCN(c3nc(N)n(C)n3)CC2)nc1. The average Bonchev–Trinajstić information content (AvgIpc) is 2.87. The van der Waals surface area contributed by atoms with E-state index < -0.39 is 0 Å². The topological polar surface area (TPSA) is 85.3 Å². The van der Waals surface area contributed by atoms with Gasteiger partial charge in [0.05, 0.1) is 13.3 Å². The molecule has 0 spiro atoms. The number of aromatic nitrogens is 4. The molecule has 0 unspecified atom stereocenters. The van der Waals surface area contributed by atoms with Crippen LogP contribution in [0, 0.1) is 0 Å². The first-order valence-electron chi connectivity index (χ1n) is 6.84. The number of nitrogen functional groups attached to an aromatic ring is 1. The van der Waals surface area contributed by atoms with Crippen LogP contribution in [0.15, 0.2) is 18.3 Å². The summed E-state index contributed by atoms with van der Waals surface area (Å²) in [5.41, 5.74) is 5.72. The zero-order chi connectivity index (χ0) is 14.8. The highest BCUT2D eigenvalue weighted by molar-refractivity contribution is 5.44. The van der Waals surface area contributed by atoms with Gasteiger partial charge in [-0.25, -0.2) is 9.67 Å². The summed E-state index contributed by atoms with van der Waals surface area (Å²) < 4.78 is 6.71. The van der Waals surface area contributed by atoms with Gasteiger partial charge in [-0.05, 0) is 12.1 Å². The number of anilines is 3. The second kappa shape index (κ2) is 5.47. The van der Waals surface area contributed by atoms with Gasteiger partial charge in [0.25, 0.3) is 0 Å². The molecule has 0 aromatic carbocycles. The number of nitrogens with two attached hydrogens (primary N) is 1. The Bertz CT molecular complexity index is 582. The van der Waals surface area contributed by atoms with Crippen molar-refractivity contribution in [2.24, 2.45) is 7.05 Å². The number of nitrogens with zero attached hydrogens (tertiary/aromatic N) is 6. The normalized spacial score (nSPS) is 15.3. The molecule has 1 aliphatic heterocycles. The Kier molecular flexibility index (Phi) is 3.51. The molecule has 0 saturated carbocycles. The quantitative estimate of drug-likeness (QED) is 0.859. The number of pyridine rings is 1. The van der Waals surface area contributed by atoms with Gasteiger partial charge in [-0.15, -0.1) is 5.10 Å². The van der Waals surface area contributed by atoms with Gasteiger partial charge in [0.1, 0.15) is 11.6 Å². The minimum absolute atomic E-state index is 0.434. The lowest BCUT2D eigenvalue weighted by Crippen LogP contribution is -2.47. The number of hydrogen-bond donors (Lipinski definition) is 1. The van der Waals surface area contributed by atoms with Crippen LogP contribution in [0.3, 0.4) is 0 Å². The maximum absolute atomic E-state index is 5.72. The smallest absolute Gasteiger partial charge is 0.246 e. The Morgan fingerprint density at radius 1 is 1.14 bits per heavy atom. The first-order chi connectivity index (χ1) is 10.2. The van der Waals surface area contributed by atoms with Gasteiger partial charge in [0, 0.05) is 33.2 Å². The molecule has 1 fully saturated rings. The van der Waals surface area contributed by atoms with E-state index in [4.69, 9.17) is 10.5 Å². The van der Waals surface area contributed by atoms with Crippen molar-refractivity contribution in [2.75, 3.05) is 48.8 Å². The molecule has 0 aliphatic carbocycles. The number of ether oxygens (including phenoxy) is 1. The summed E-state index contributed by atoms with van der Waals surface area (Å²) in [6.07, 6.45) is 1.74. The third-order valence-electron chi connectivity index (χ3n) is 3.63. The molecular formula is C13H19N7O.